The lowest BCUT2D eigenvalue weighted by Gasteiger charge is -2.24. The quantitative estimate of drug-likeness (QED) is 0.181. The van der Waals surface area contributed by atoms with Gasteiger partial charge < -0.3 is 21.3 Å². The van der Waals surface area contributed by atoms with Crippen molar-refractivity contribution in [2.45, 2.75) is 57.7 Å². The molecule has 3 aromatic rings. The third-order valence-electron chi connectivity index (χ3n) is 8.06. The van der Waals surface area contributed by atoms with Crippen LogP contribution in [-0.2, 0) is 21.2 Å². The van der Waals surface area contributed by atoms with Gasteiger partial charge in [-0.1, -0.05) is 43.3 Å². The molecule has 0 saturated heterocycles. The van der Waals surface area contributed by atoms with Crippen molar-refractivity contribution in [2.24, 2.45) is 5.92 Å². The van der Waals surface area contributed by atoms with Gasteiger partial charge in [0.15, 0.2) is 0 Å². The Morgan fingerprint density at radius 1 is 0.978 bits per heavy atom. The summed E-state index contributed by atoms with van der Waals surface area (Å²) in [7, 11) is -2.32. The van der Waals surface area contributed by atoms with Crippen LogP contribution in [0.2, 0.25) is 0 Å². The summed E-state index contributed by atoms with van der Waals surface area (Å²) in [5.74, 6) is -0.468. The number of amides is 3. The van der Waals surface area contributed by atoms with Crippen LogP contribution in [0.1, 0.15) is 76.8 Å². The summed E-state index contributed by atoms with van der Waals surface area (Å²) < 4.78 is 25.9. The Morgan fingerprint density at radius 2 is 1.63 bits per heavy atom. The summed E-state index contributed by atoms with van der Waals surface area (Å²) in [5, 5.41) is 12.3. The van der Waals surface area contributed by atoms with E-state index in [1.165, 1.54) is 25.2 Å². The highest BCUT2D eigenvalue weighted by atomic mass is 32.2. The van der Waals surface area contributed by atoms with E-state index in [1.807, 2.05) is 62.4 Å². The maximum absolute atomic E-state index is 13.8. The fourth-order valence-corrected chi connectivity index (χ4v) is 5.45. The highest BCUT2D eigenvalue weighted by Crippen LogP contribution is 2.27. The zero-order chi connectivity index (χ0) is 33.3. The molecule has 254 valence electrons. The van der Waals surface area contributed by atoms with E-state index in [0.29, 0.717) is 25.3 Å². The van der Waals surface area contributed by atoms with E-state index in [2.05, 4.69) is 26.3 Å². The molecule has 0 spiro atoms. The molecule has 11 nitrogen and oxygen atoms in total. The fourth-order valence-electron chi connectivity index (χ4n) is 4.96. The second-order valence-electron chi connectivity index (χ2n) is 11.9. The van der Waals surface area contributed by atoms with Crippen molar-refractivity contribution in [2.75, 3.05) is 30.7 Å². The van der Waals surface area contributed by atoms with Crippen LogP contribution in [0.5, 0.6) is 0 Å². The fraction of sp³-hybridized carbons (Fsp3) is 0.412. The molecule has 1 aliphatic carbocycles. The molecule has 0 bridgehead atoms. The van der Waals surface area contributed by atoms with Crippen LogP contribution in [0.3, 0.4) is 0 Å². The number of aromatic nitrogens is 1. The summed E-state index contributed by atoms with van der Waals surface area (Å²) >= 11 is 0. The molecule has 2 aromatic carbocycles. The maximum Gasteiger partial charge on any atom is 0.251 e. The summed E-state index contributed by atoms with van der Waals surface area (Å²) in [4.78, 5) is 44.4. The first kappa shape index (κ1) is 34.6. The van der Waals surface area contributed by atoms with Gasteiger partial charge in [0, 0.05) is 61.3 Å². The molecular weight excluding hydrogens is 604 g/mol. The summed E-state index contributed by atoms with van der Waals surface area (Å²) in [5.41, 5.74) is 2.07. The van der Waals surface area contributed by atoms with Gasteiger partial charge in [0.05, 0.1) is 24.0 Å². The summed E-state index contributed by atoms with van der Waals surface area (Å²) in [6.45, 7) is 4.72. The minimum atomic E-state index is -3.69. The number of sulfonamides is 1. The standard InChI is InChI=1S/C34H44N6O5S.4H2/c1-5-31(34(43)37-21-24-14-15-24)36-22-29(20-28-13-9-10-16-35-28)39-33(42)27-17-26(18-30(19-27)40(3)46(4,44)45)32(41)38-23(2)25-11-7-6-8-12-25;;;;/h6-13,16-19,23-24,29,31,36H,5,14-15,20-22H2,1-4H3,(H,37,43)(H,38,41)(H,39,42);4*1H/t23-,29+,31+;;;;/m1..../s1. The van der Waals surface area contributed by atoms with Gasteiger partial charge in [0.25, 0.3) is 11.8 Å². The van der Waals surface area contributed by atoms with Crippen molar-refractivity contribution >= 4 is 33.4 Å². The Morgan fingerprint density at radius 3 is 2.22 bits per heavy atom. The minimum absolute atomic E-state index is 0. The van der Waals surface area contributed by atoms with Gasteiger partial charge in [0.1, 0.15) is 0 Å². The van der Waals surface area contributed by atoms with Crippen LogP contribution < -0.4 is 25.6 Å². The molecule has 4 N–H and O–H groups in total. The van der Waals surface area contributed by atoms with Crippen molar-refractivity contribution in [1.82, 2.24) is 26.3 Å². The van der Waals surface area contributed by atoms with E-state index in [4.69, 9.17) is 0 Å². The molecule has 1 aromatic heterocycles. The number of rotatable bonds is 16. The molecular formula is C34H52N6O5S. The molecule has 4 rings (SSSR count). The normalized spacial score (nSPS) is 14.9. The minimum Gasteiger partial charge on any atom is -0.354 e. The molecule has 0 radical (unpaired) electrons. The van der Waals surface area contributed by atoms with Crippen LogP contribution in [-0.4, -0.2) is 69.6 Å². The van der Waals surface area contributed by atoms with Gasteiger partial charge in [-0.25, -0.2) is 8.42 Å². The van der Waals surface area contributed by atoms with Crippen molar-refractivity contribution < 1.29 is 28.5 Å². The van der Waals surface area contributed by atoms with Crippen LogP contribution in [0.25, 0.3) is 0 Å². The van der Waals surface area contributed by atoms with Crippen LogP contribution in [0.4, 0.5) is 5.69 Å². The predicted molar refractivity (Wildman–Crippen MR) is 187 cm³/mol. The number of hydrogen-bond acceptors (Lipinski definition) is 7. The summed E-state index contributed by atoms with van der Waals surface area (Å²) in [6.07, 6.45) is 5.95. The molecule has 1 aliphatic rings. The van der Waals surface area contributed by atoms with Crippen molar-refractivity contribution in [1.29, 1.82) is 0 Å². The number of carbonyl (C=O) groups is 3. The highest BCUT2D eigenvalue weighted by Gasteiger charge is 2.25. The summed E-state index contributed by atoms with van der Waals surface area (Å²) in [6, 6.07) is 18.1. The monoisotopic (exact) mass is 656 g/mol. The smallest absolute Gasteiger partial charge is 0.251 e. The van der Waals surface area contributed by atoms with Crippen molar-refractivity contribution in [3.05, 3.63) is 95.3 Å². The van der Waals surface area contributed by atoms with Gasteiger partial charge in [-0.3, -0.25) is 23.7 Å². The van der Waals surface area contributed by atoms with Gasteiger partial charge >= 0.3 is 0 Å². The predicted octanol–water partition coefficient (Wildman–Crippen LogP) is 4.19. The third kappa shape index (κ3) is 10.1. The second kappa shape index (κ2) is 15.8. The number of hydrogen-bond donors (Lipinski definition) is 4. The van der Waals surface area contributed by atoms with Crippen LogP contribution in [0.15, 0.2) is 72.9 Å². The lowest BCUT2D eigenvalue weighted by molar-refractivity contribution is -0.123. The molecule has 1 saturated carbocycles. The molecule has 46 heavy (non-hydrogen) atoms. The van der Waals surface area contributed by atoms with E-state index >= 15 is 0 Å². The Kier molecular flexibility index (Phi) is 11.9. The van der Waals surface area contributed by atoms with E-state index in [-0.39, 0.29) is 41.0 Å². The van der Waals surface area contributed by atoms with Gasteiger partial charge in [0.2, 0.25) is 15.9 Å². The molecule has 0 aliphatic heterocycles. The zero-order valence-corrected chi connectivity index (χ0v) is 27.6. The number of nitrogens with one attached hydrogen (secondary N) is 4. The van der Waals surface area contributed by atoms with Crippen molar-refractivity contribution in [3.8, 4) is 0 Å². The average molecular weight is 657 g/mol. The molecule has 1 heterocycles. The number of nitrogens with zero attached hydrogens (tertiary/aromatic N) is 2. The molecule has 0 unspecified atom stereocenters. The highest BCUT2D eigenvalue weighted by molar-refractivity contribution is 7.92. The SMILES string of the molecule is CC[C@H](NC[C@H](Cc1ccccn1)NC(=O)c1cc(C(=O)N[C@H](C)c2ccccc2)cc(N(C)S(C)(=O)=O)c1)C(=O)NCC1CC1.[HH].[HH].[HH].[HH]. The topological polar surface area (TPSA) is 150 Å². The lowest BCUT2D eigenvalue weighted by atomic mass is 10.0. The van der Waals surface area contributed by atoms with E-state index in [1.54, 1.807) is 6.20 Å². The van der Waals surface area contributed by atoms with Gasteiger partial charge in [-0.05, 0) is 68.0 Å². The number of carbonyl (C=O) groups excluding carboxylic acids is 3. The first-order valence-electron chi connectivity index (χ1n) is 15.6. The first-order valence-corrected chi connectivity index (χ1v) is 17.5. The van der Waals surface area contributed by atoms with Gasteiger partial charge in [-0.2, -0.15) is 0 Å². The first-order chi connectivity index (χ1) is 21.9. The average Bonchev–Trinajstić information content (AvgIpc) is 3.88. The van der Waals surface area contributed by atoms with E-state index in [0.717, 1.165) is 34.7 Å². The number of pyridine rings is 1. The Balaban J connectivity index is 0.00000600. The Labute approximate surface area is 277 Å². The Hall–Kier alpha value is -4.29. The largest absolute Gasteiger partial charge is 0.354 e. The molecule has 1 fully saturated rings. The molecule has 3 atom stereocenters. The third-order valence-corrected chi connectivity index (χ3v) is 9.27. The van der Waals surface area contributed by atoms with Gasteiger partial charge in [-0.15, -0.1) is 0 Å². The second-order valence-corrected chi connectivity index (χ2v) is 13.9. The zero-order valence-electron chi connectivity index (χ0n) is 26.8. The van der Waals surface area contributed by atoms with Crippen molar-refractivity contribution in [3.63, 3.8) is 0 Å². The molecule has 12 heteroatoms. The van der Waals surface area contributed by atoms with E-state index in [9.17, 15) is 22.8 Å². The number of anilines is 1. The Bertz CT molecular complexity index is 1620. The lowest BCUT2D eigenvalue weighted by Crippen LogP contribution is -2.50. The molecule has 3 amide bonds. The van der Waals surface area contributed by atoms with Crippen LogP contribution in [0, 0.1) is 5.92 Å². The van der Waals surface area contributed by atoms with E-state index < -0.39 is 33.9 Å². The van der Waals surface area contributed by atoms with Crippen LogP contribution >= 0.6 is 0 Å². The number of benzene rings is 2. The maximum atomic E-state index is 13.8.